The minimum Gasteiger partial charge on any atom is -0.369 e. The summed E-state index contributed by atoms with van der Waals surface area (Å²) in [6.07, 6.45) is 1.46. The predicted molar refractivity (Wildman–Crippen MR) is 107 cm³/mol. The summed E-state index contributed by atoms with van der Waals surface area (Å²) in [5.74, 6) is -0.778. The maximum Gasteiger partial charge on any atom is 0.239 e. The molecule has 2 atom stereocenters. The van der Waals surface area contributed by atoms with Crippen LogP contribution in [-0.4, -0.2) is 23.8 Å². The van der Waals surface area contributed by atoms with Crippen LogP contribution in [0.25, 0.3) is 0 Å². The molecule has 2 heterocycles. The van der Waals surface area contributed by atoms with Crippen LogP contribution in [0.15, 0.2) is 39.1 Å². The van der Waals surface area contributed by atoms with Crippen LogP contribution in [0.3, 0.4) is 0 Å². The fraction of sp³-hybridized carbons (Fsp3) is 0.368. The zero-order chi connectivity index (χ0) is 19.1. The molecule has 0 aliphatic carbocycles. The van der Waals surface area contributed by atoms with Crippen LogP contribution in [0.2, 0.25) is 0 Å². The van der Waals surface area contributed by atoms with Crippen LogP contribution >= 0.6 is 27.3 Å². The highest BCUT2D eigenvalue weighted by molar-refractivity contribution is 9.10. The standard InChI is InChI=1S/C19H21BrFN3OS/c1-4-5-11-10-12(6-7-14(11)21)15-17(25)24(3)18(22)23-19(15,2)16-13(20)8-9-26-16/h6-10,15H,4-5H2,1-3H3,(H2,22,23)/t15?,19-/m0/s1. The maximum atomic E-state index is 14.1. The molecule has 0 radical (unpaired) electrons. The third-order valence-electron chi connectivity index (χ3n) is 4.83. The van der Waals surface area contributed by atoms with Gasteiger partial charge in [0.15, 0.2) is 5.96 Å². The number of amides is 1. The van der Waals surface area contributed by atoms with Gasteiger partial charge in [0.1, 0.15) is 11.4 Å². The topological polar surface area (TPSA) is 58.7 Å². The van der Waals surface area contributed by atoms with Crippen molar-refractivity contribution in [3.05, 3.63) is 55.9 Å². The fourth-order valence-corrected chi connectivity index (χ4v) is 5.38. The molecule has 0 saturated carbocycles. The third kappa shape index (κ3) is 3.07. The number of hydrogen-bond acceptors (Lipinski definition) is 4. The summed E-state index contributed by atoms with van der Waals surface area (Å²) in [6, 6.07) is 6.86. The van der Waals surface area contributed by atoms with E-state index in [-0.39, 0.29) is 17.7 Å². The molecule has 7 heteroatoms. The minimum absolute atomic E-state index is 0.144. The molecule has 1 amide bonds. The van der Waals surface area contributed by atoms with Gasteiger partial charge in [-0.1, -0.05) is 25.5 Å². The number of benzene rings is 1. The molecule has 0 spiro atoms. The zero-order valence-electron chi connectivity index (χ0n) is 14.9. The average molecular weight is 438 g/mol. The summed E-state index contributed by atoms with van der Waals surface area (Å²) in [4.78, 5) is 20.2. The van der Waals surface area contributed by atoms with E-state index in [0.29, 0.717) is 12.0 Å². The first-order valence-electron chi connectivity index (χ1n) is 8.44. The third-order valence-corrected chi connectivity index (χ3v) is 6.89. The highest BCUT2D eigenvalue weighted by atomic mass is 79.9. The molecule has 2 aromatic rings. The Bertz CT molecular complexity index is 881. The van der Waals surface area contributed by atoms with Gasteiger partial charge in [-0.25, -0.2) is 9.38 Å². The number of nitrogens with two attached hydrogens (primary N) is 1. The van der Waals surface area contributed by atoms with E-state index >= 15 is 0 Å². The van der Waals surface area contributed by atoms with Crippen molar-refractivity contribution in [3.63, 3.8) is 0 Å². The second-order valence-electron chi connectivity index (χ2n) is 6.65. The molecule has 0 fully saturated rings. The van der Waals surface area contributed by atoms with Gasteiger partial charge in [-0.05, 0) is 57.9 Å². The van der Waals surface area contributed by atoms with Crippen molar-refractivity contribution in [2.45, 2.75) is 38.1 Å². The molecule has 3 rings (SSSR count). The van der Waals surface area contributed by atoms with Crippen LogP contribution in [-0.2, 0) is 16.8 Å². The van der Waals surface area contributed by atoms with Crippen LogP contribution in [0, 0.1) is 5.82 Å². The van der Waals surface area contributed by atoms with E-state index in [1.54, 1.807) is 19.2 Å². The summed E-state index contributed by atoms with van der Waals surface area (Å²) in [5.41, 5.74) is 6.54. The van der Waals surface area contributed by atoms with Crippen molar-refractivity contribution in [2.24, 2.45) is 10.7 Å². The molecule has 4 nitrogen and oxygen atoms in total. The number of thiophene rings is 1. The lowest BCUT2D eigenvalue weighted by molar-refractivity contribution is -0.130. The Hall–Kier alpha value is -1.73. The van der Waals surface area contributed by atoms with E-state index in [9.17, 15) is 9.18 Å². The van der Waals surface area contributed by atoms with Gasteiger partial charge >= 0.3 is 0 Å². The van der Waals surface area contributed by atoms with E-state index in [0.717, 1.165) is 21.3 Å². The van der Waals surface area contributed by atoms with Crippen molar-refractivity contribution >= 4 is 39.1 Å². The van der Waals surface area contributed by atoms with Crippen LogP contribution in [0.1, 0.15) is 42.2 Å². The van der Waals surface area contributed by atoms with Crippen molar-refractivity contribution in [1.29, 1.82) is 0 Å². The molecule has 1 unspecified atom stereocenters. The Labute approximate surface area is 165 Å². The number of guanidine groups is 1. The Balaban J connectivity index is 2.21. The second-order valence-corrected chi connectivity index (χ2v) is 8.42. The number of carbonyl (C=O) groups is 1. The predicted octanol–water partition coefficient (Wildman–Crippen LogP) is 4.39. The highest BCUT2D eigenvalue weighted by Crippen LogP contribution is 2.48. The molecule has 26 heavy (non-hydrogen) atoms. The molecular weight excluding hydrogens is 417 g/mol. The monoisotopic (exact) mass is 437 g/mol. The average Bonchev–Trinajstić information content (AvgIpc) is 3.03. The lowest BCUT2D eigenvalue weighted by atomic mass is 9.77. The first-order chi connectivity index (χ1) is 12.3. The lowest BCUT2D eigenvalue weighted by Crippen LogP contribution is -2.52. The Morgan fingerprint density at radius 1 is 1.42 bits per heavy atom. The van der Waals surface area contributed by atoms with Gasteiger partial charge in [-0.15, -0.1) is 11.3 Å². The normalized spacial score (nSPS) is 23.3. The summed E-state index contributed by atoms with van der Waals surface area (Å²) >= 11 is 5.08. The van der Waals surface area contributed by atoms with Gasteiger partial charge in [0.05, 0.1) is 5.92 Å². The van der Waals surface area contributed by atoms with Crippen LogP contribution in [0.5, 0.6) is 0 Å². The Morgan fingerprint density at radius 2 is 2.15 bits per heavy atom. The number of aryl methyl sites for hydroxylation is 1. The molecular formula is C19H21BrFN3OS. The number of halogens is 2. The van der Waals surface area contributed by atoms with E-state index in [4.69, 9.17) is 10.7 Å². The van der Waals surface area contributed by atoms with Crippen LogP contribution in [0.4, 0.5) is 4.39 Å². The molecule has 1 aromatic carbocycles. The van der Waals surface area contributed by atoms with E-state index in [1.165, 1.54) is 22.3 Å². The summed E-state index contributed by atoms with van der Waals surface area (Å²) in [7, 11) is 1.62. The molecule has 1 aromatic heterocycles. The molecule has 2 N–H and O–H groups in total. The van der Waals surface area contributed by atoms with Gasteiger partial charge in [0.25, 0.3) is 0 Å². The van der Waals surface area contributed by atoms with Gasteiger partial charge < -0.3 is 5.73 Å². The van der Waals surface area contributed by atoms with E-state index in [2.05, 4.69) is 15.9 Å². The summed E-state index contributed by atoms with van der Waals surface area (Å²) in [6.45, 7) is 3.92. The van der Waals surface area contributed by atoms with E-state index in [1.807, 2.05) is 25.3 Å². The van der Waals surface area contributed by atoms with Crippen molar-refractivity contribution in [3.8, 4) is 0 Å². The number of aliphatic imine (C=N–C) groups is 1. The first-order valence-corrected chi connectivity index (χ1v) is 10.1. The molecule has 0 bridgehead atoms. The highest BCUT2D eigenvalue weighted by Gasteiger charge is 2.48. The van der Waals surface area contributed by atoms with Gasteiger partial charge in [-0.3, -0.25) is 9.69 Å². The Kier molecular flexibility index (Phi) is 5.21. The minimum atomic E-state index is -0.859. The number of rotatable bonds is 4. The van der Waals surface area contributed by atoms with Gasteiger partial charge in [0.2, 0.25) is 5.91 Å². The van der Waals surface area contributed by atoms with Gasteiger partial charge in [0, 0.05) is 16.4 Å². The van der Waals surface area contributed by atoms with Crippen molar-refractivity contribution in [2.75, 3.05) is 7.05 Å². The van der Waals surface area contributed by atoms with Crippen molar-refractivity contribution in [1.82, 2.24) is 4.90 Å². The Morgan fingerprint density at radius 3 is 2.77 bits per heavy atom. The lowest BCUT2D eigenvalue weighted by Gasteiger charge is -2.40. The maximum absolute atomic E-state index is 14.1. The largest absolute Gasteiger partial charge is 0.369 e. The number of likely N-dealkylation sites (N-methyl/N-ethyl adjacent to an activating group) is 1. The van der Waals surface area contributed by atoms with Gasteiger partial charge in [-0.2, -0.15) is 0 Å². The quantitative estimate of drug-likeness (QED) is 0.770. The molecule has 0 saturated heterocycles. The van der Waals surface area contributed by atoms with Crippen LogP contribution < -0.4 is 5.73 Å². The molecule has 138 valence electrons. The summed E-state index contributed by atoms with van der Waals surface area (Å²) in [5, 5.41) is 1.95. The summed E-state index contributed by atoms with van der Waals surface area (Å²) < 4.78 is 15.0. The van der Waals surface area contributed by atoms with Crippen molar-refractivity contribution < 1.29 is 9.18 Å². The second kappa shape index (κ2) is 7.12. The zero-order valence-corrected chi connectivity index (χ0v) is 17.3. The number of nitrogens with zero attached hydrogens (tertiary/aromatic N) is 2. The molecule has 1 aliphatic heterocycles. The smallest absolute Gasteiger partial charge is 0.239 e. The molecule has 1 aliphatic rings. The first kappa shape index (κ1) is 19.0. The fourth-order valence-electron chi connectivity index (χ4n) is 3.46. The SMILES string of the molecule is CCCc1cc(C2C(=O)N(C)C(N)=N[C@]2(C)c2sccc2Br)ccc1F. The van der Waals surface area contributed by atoms with E-state index < -0.39 is 11.5 Å². The number of hydrogen-bond donors (Lipinski definition) is 1. The number of carbonyl (C=O) groups excluding carboxylic acids is 1.